The number of nitrogens with zero attached hydrogens (tertiary/aromatic N) is 1. The molecule has 4 heteroatoms. The number of rotatable bonds is 6. The van der Waals surface area contributed by atoms with Gasteiger partial charge in [0.2, 0.25) is 0 Å². The number of hydrogen-bond donors (Lipinski definition) is 1. The molecule has 0 spiro atoms. The second-order valence-electron chi connectivity index (χ2n) is 4.40. The molecule has 0 bridgehead atoms. The van der Waals surface area contributed by atoms with Crippen molar-refractivity contribution in [2.75, 3.05) is 0 Å². The van der Waals surface area contributed by atoms with Crippen LogP contribution in [0, 0.1) is 0 Å². The van der Waals surface area contributed by atoms with Gasteiger partial charge in [0, 0.05) is 10.4 Å². The van der Waals surface area contributed by atoms with Gasteiger partial charge in [-0.3, -0.25) is 4.79 Å². The standard InChI is InChI=1S/C15H17NO2S/c1-2-6-12-13(9-10-14(17)18)19-15(16-12)11-7-4-3-5-8-11/h3-5,7-8H,2,6,9-10H2,1H3,(H,17,18). The van der Waals surface area contributed by atoms with Gasteiger partial charge in [-0.2, -0.15) is 0 Å². The molecule has 100 valence electrons. The molecule has 0 fully saturated rings. The Labute approximate surface area is 116 Å². The van der Waals surface area contributed by atoms with Crippen molar-refractivity contribution >= 4 is 17.3 Å². The number of carboxylic acid groups (broad SMARTS) is 1. The van der Waals surface area contributed by atoms with Crippen molar-refractivity contribution < 1.29 is 9.90 Å². The van der Waals surface area contributed by atoms with Crippen LogP contribution < -0.4 is 0 Å². The lowest BCUT2D eigenvalue weighted by Crippen LogP contribution is -1.98. The van der Waals surface area contributed by atoms with Crippen molar-refractivity contribution in [1.82, 2.24) is 4.98 Å². The fourth-order valence-corrected chi connectivity index (χ4v) is 3.05. The summed E-state index contributed by atoms with van der Waals surface area (Å²) in [7, 11) is 0. The highest BCUT2D eigenvalue weighted by molar-refractivity contribution is 7.15. The maximum atomic E-state index is 10.7. The molecule has 0 unspecified atom stereocenters. The third kappa shape index (κ3) is 3.64. The lowest BCUT2D eigenvalue weighted by atomic mass is 10.1. The predicted octanol–water partition coefficient (Wildman–Crippen LogP) is 3.78. The highest BCUT2D eigenvalue weighted by Gasteiger charge is 2.12. The number of aliphatic carboxylic acids is 1. The van der Waals surface area contributed by atoms with Crippen molar-refractivity contribution in [1.29, 1.82) is 0 Å². The van der Waals surface area contributed by atoms with Gasteiger partial charge < -0.3 is 5.11 Å². The normalized spacial score (nSPS) is 10.6. The minimum absolute atomic E-state index is 0.174. The molecule has 0 aliphatic rings. The van der Waals surface area contributed by atoms with Crippen molar-refractivity contribution in [3.05, 3.63) is 40.9 Å². The van der Waals surface area contributed by atoms with E-state index in [4.69, 9.17) is 5.11 Å². The number of benzene rings is 1. The van der Waals surface area contributed by atoms with E-state index >= 15 is 0 Å². The van der Waals surface area contributed by atoms with Crippen molar-refractivity contribution in [3.8, 4) is 10.6 Å². The van der Waals surface area contributed by atoms with E-state index in [1.807, 2.05) is 30.3 Å². The van der Waals surface area contributed by atoms with E-state index in [9.17, 15) is 4.79 Å². The summed E-state index contributed by atoms with van der Waals surface area (Å²) in [5, 5.41) is 9.79. The monoisotopic (exact) mass is 275 g/mol. The summed E-state index contributed by atoms with van der Waals surface area (Å²) in [6, 6.07) is 10.0. The van der Waals surface area contributed by atoms with Crippen LogP contribution in [0.5, 0.6) is 0 Å². The molecule has 1 N–H and O–H groups in total. The van der Waals surface area contributed by atoms with Crippen LogP contribution in [-0.2, 0) is 17.6 Å². The molecule has 0 amide bonds. The van der Waals surface area contributed by atoms with E-state index in [1.165, 1.54) is 0 Å². The lowest BCUT2D eigenvalue weighted by molar-refractivity contribution is -0.136. The van der Waals surface area contributed by atoms with Gasteiger partial charge in [-0.1, -0.05) is 43.7 Å². The number of thiazole rings is 1. The molecule has 2 aromatic rings. The van der Waals surface area contributed by atoms with E-state index < -0.39 is 5.97 Å². The van der Waals surface area contributed by atoms with Gasteiger partial charge >= 0.3 is 5.97 Å². The van der Waals surface area contributed by atoms with Crippen molar-refractivity contribution in [2.45, 2.75) is 32.6 Å². The van der Waals surface area contributed by atoms with Gasteiger partial charge in [-0.05, 0) is 12.8 Å². The van der Waals surface area contributed by atoms with E-state index in [1.54, 1.807) is 11.3 Å². The number of carboxylic acids is 1. The Hall–Kier alpha value is -1.68. The molecule has 1 heterocycles. The smallest absolute Gasteiger partial charge is 0.303 e. The van der Waals surface area contributed by atoms with Crippen LogP contribution in [0.15, 0.2) is 30.3 Å². The first kappa shape index (κ1) is 13.7. The summed E-state index contributed by atoms with van der Waals surface area (Å²) in [4.78, 5) is 16.5. The Morgan fingerprint density at radius 2 is 2.00 bits per heavy atom. The minimum atomic E-state index is -0.753. The number of hydrogen-bond acceptors (Lipinski definition) is 3. The van der Waals surface area contributed by atoms with Crippen LogP contribution in [0.25, 0.3) is 10.6 Å². The first-order valence-corrected chi connectivity index (χ1v) is 7.28. The van der Waals surface area contributed by atoms with Gasteiger partial charge in [-0.25, -0.2) is 4.98 Å². The molecule has 0 atom stereocenters. The fraction of sp³-hybridized carbons (Fsp3) is 0.333. The molecule has 1 aromatic heterocycles. The first-order chi connectivity index (χ1) is 9.20. The average Bonchev–Trinajstić information content (AvgIpc) is 2.81. The number of aryl methyl sites for hydroxylation is 2. The van der Waals surface area contributed by atoms with E-state index in [-0.39, 0.29) is 6.42 Å². The fourth-order valence-electron chi connectivity index (χ4n) is 1.94. The summed E-state index contributed by atoms with van der Waals surface area (Å²) in [6.07, 6.45) is 2.69. The molecule has 0 aliphatic carbocycles. The maximum Gasteiger partial charge on any atom is 0.303 e. The lowest BCUT2D eigenvalue weighted by Gasteiger charge is -1.97. The summed E-state index contributed by atoms with van der Waals surface area (Å²) in [5.41, 5.74) is 2.17. The molecular formula is C15H17NO2S. The van der Waals surface area contributed by atoms with Gasteiger partial charge in [0.15, 0.2) is 0 Å². The Kier molecular flexibility index (Phi) is 4.68. The maximum absolute atomic E-state index is 10.7. The summed E-state index contributed by atoms with van der Waals surface area (Å²) >= 11 is 1.62. The van der Waals surface area contributed by atoms with Gasteiger partial charge in [0.25, 0.3) is 0 Å². The number of aromatic nitrogens is 1. The third-order valence-corrected chi connectivity index (χ3v) is 4.06. The molecule has 0 aliphatic heterocycles. The van der Waals surface area contributed by atoms with Crippen LogP contribution in [-0.4, -0.2) is 16.1 Å². The highest BCUT2D eigenvalue weighted by atomic mass is 32.1. The topological polar surface area (TPSA) is 50.2 Å². The highest BCUT2D eigenvalue weighted by Crippen LogP contribution is 2.29. The summed E-state index contributed by atoms with van der Waals surface area (Å²) in [5.74, 6) is -0.753. The Bertz CT molecular complexity index is 549. The number of carbonyl (C=O) groups is 1. The Morgan fingerprint density at radius 1 is 1.26 bits per heavy atom. The summed E-state index contributed by atoms with van der Waals surface area (Å²) in [6.45, 7) is 2.11. The van der Waals surface area contributed by atoms with Crippen molar-refractivity contribution in [2.24, 2.45) is 0 Å². The zero-order valence-corrected chi connectivity index (χ0v) is 11.7. The Balaban J connectivity index is 2.26. The first-order valence-electron chi connectivity index (χ1n) is 6.46. The van der Waals surface area contributed by atoms with Gasteiger partial charge in [0.05, 0.1) is 12.1 Å². The zero-order valence-electron chi connectivity index (χ0n) is 10.9. The van der Waals surface area contributed by atoms with E-state index in [0.29, 0.717) is 6.42 Å². The van der Waals surface area contributed by atoms with E-state index in [2.05, 4.69) is 11.9 Å². The molecular weight excluding hydrogens is 258 g/mol. The summed E-state index contributed by atoms with van der Waals surface area (Å²) < 4.78 is 0. The largest absolute Gasteiger partial charge is 0.481 e. The third-order valence-electron chi connectivity index (χ3n) is 2.85. The Morgan fingerprint density at radius 3 is 2.63 bits per heavy atom. The van der Waals surface area contributed by atoms with Crippen molar-refractivity contribution in [3.63, 3.8) is 0 Å². The predicted molar refractivity (Wildman–Crippen MR) is 77.5 cm³/mol. The second-order valence-corrected chi connectivity index (χ2v) is 5.48. The molecule has 0 radical (unpaired) electrons. The van der Waals surface area contributed by atoms with Crippen LogP contribution in [0.3, 0.4) is 0 Å². The molecule has 0 saturated heterocycles. The van der Waals surface area contributed by atoms with Gasteiger partial charge in [0.1, 0.15) is 5.01 Å². The van der Waals surface area contributed by atoms with Crippen LogP contribution >= 0.6 is 11.3 Å². The second kappa shape index (κ2) is 6.48. The molecule has 19 heavy (non-hydrogen) atoms. The molecule has 0 saturated carbocycles. The van der Waals surface area contributed by atoms with Crippen LogP contribution in [0.1, 0.15) is 30.3 Å². The average molecular weight is 275 g/mol. The SMILES string of the molecule is CCCc1nc(-c2ccccc2)sc1CCC(=O)O. The van der Waals surface area contributed by atoms with Crippen LogP contribution in [0.4, 0.5) is 0 Å². The van der Waals surface area contributed by atoms with Gasteiger partial charge in [-0.15, -0.1) is 11.3 Å². The minimum Gasteiger partial charge on any atom is -0.481 e. The molecule has 2 rings (SSSR count). The quantitative estimate of drug-likeness (QED) is 0.872. The van der Waals surface area contributed by atoms with E-state index in [0.717, 1.165) is 34.0 Å². The molecule has 3 nitrogen and oxygen atoms in total. The van der Waals surface area contributed by atoms with Crippen LogP contribution in [0.2, 0.25) is 0 Å². The molecule has 1 aromatic carbocycles. The zero-order chi connectivity index (χ0) is 13.7.